The van der Waals surface area contributed by atoms with Crippen molar-refractivity contribution in [2.24, 2.45) is 0 Å². The fourth-order valence-electron chi connectivity index (χ4n) is 1.76. The number of aromatic nitrogens is 1. The highest BCUT2D eigenvalue weighted by Gasteiger charge is 2.04. The number of rotatable bonds is 5. The summed E-state index contributed by atoms with van der Waals surface area (Å²) in [6.45, 7) is 1.09. The minimum atomic E-state index is -0.425. The van der Waals surface area contributed by atoms with Crippen molar-refractivity contribution < 1.29 is 4.92 Å². The Balaban J connectivity index is 1.93. The number of pyridine rings is 1. The largest absolute Gasteiger partial charge is 0.309 e. The molecule has 0 spiro atoms. The van der Waals surface area contributed by atoms with E-state index >= 15 is 0 Å². The van der Waals surface area contributed by atoms with E-state index in [0.717, 1.165) is 11.1 Å². The Morgan fingerprint density at radius 1 is 1.25 bits per heavy atom. The third-order valence-electron chi connectivity index (χ3n) is 2.79. The van der Waals surface area contributed by atoms with Gasteiger partial charge >= 0.3 is 0 Å². The van der Waals surface area contributed by atoms with E-state index in [1.165, 1.54) is 12.1 Å². The Labute approximate surface area is 115 Å². The van der Waals surface area contributed by atoms with E-state index in [4.69, 9.17) is 5.26 Å². The summed E-state index contributed by atoms with van der Waals surface area (Å²) in [4.78, 5) is 14.1. The molecule has 0 aliphatic rings. The van der Waals surface area contributed by atoms with Crippen LogP contribution in [0.3, 0.4) is 0 Å². The molecule has 6 heteroatoms. The minimum absolute atomic E-state index is 0.0766. The van der Waals surface area contributed by atoms with Crippen molar-refractivity contribution in [2.45, 2.75) is 13.1 Å². The van der Waals surface area contributed by atoms with Crippen LogP contribution in [0, 0.1) is 21.4 Å². The predicted molar refractivity (Wildman–Crippen MR) is 72.6 cm³/mol. The van der Waals surface area contributed by atoms with Crippen molar-refractivity contribution in [3.8, 4) is 6.07 Å². The summed E-state index contributed by atoms with van der Waals surface area (Å²) in [5.74, 6) is 0. The molecule has 0 saturated carbocycles. The molecule has 6 nitrogen and oxygen atoms in total. The number of nitro benzene ring substituents is 1. The predicted octanol–water partition coefficient (Wildman–Crippen LogP) is 2.15. The van der Waals surface area contributed by atoms with Crippen LogP contribution in [0.15, 0.2) is 42.6 Å². The highest BCUT2D eigenvalue weighted by molar-refractivity contribution is 5.33. The van der Waals surface area contributed by atoms with Gasteiger partial charge in [-0.05, 0) is 11.6 Å². The molecule has 0 unspecified atom stereocenters. The van der Waals surface area contributed by atoms with Gasteiger partial charge in [0.25, 0.3) is 5.69 Å². The number of nitriles is 1. The van der Waals surface area contributed by atoms with Crippen molar-refractivity contribution in [3.05, 3.63) is 69.5 Å². The summed E-state index contributed by atoms with van der Waals surface area (Å²) < 4.78 is 0. The third-order valence-corrected chi connectivity index (χ3v) is 2.79. The maximum absolute atomic E-state index is 10.5. The quantitative estimate of drug-likeness (QED) is 0.662. The summed E-state index contributed by atoms with van der Waals surface area (Å²) in [5, 5.41) is 22.6. The number of hydrogen-bond acceptors (Lipinski definition) is 5. The van der Waals surface area contributed by atoms with Crippen molar-refractivity contribution in [1.29, 1.82) is 5.26 Å². The van der Waals surface area contributed by atoms with E-state index in [9.17, 15) is 10.1 Å². The summed E-state index contributed by atoms with van der Waals surface area (Å²) in [6.07, 6.45) is 1.58. The van der Waals surface area contributed by atoms with Gasteiger partial charge in [-0.1, -0.05) is 18.2 Å². The lowest BCUT2D eigenvalue weighted by Crippen LogP contribution is -2.14. The van der Waals surface area contributed by atoms with Crippen LogP contribution < -0.4 is 5.32 Å². The maximum Gasteiger partial charge on any atom is 0.269 e. The summed E-state index contributed by atoms with van der Waals surface area (Å²) >= 11 is 0. The van der Waals surface area contributed by atoms with Gasteiger partial charge in [0.1, 0.15) is 11.8 Å². The van der Waals surface area contributed by atoms with Gasteiger partial charge < -0.3 is 5.32 Å². The van der Waals surface area contributed by atoms with Gasteiger partial charge in [0.2, 0.25) is 0 Å². The van der Waals surface area contributed by atoms with Gasteiger partial charge in [0.05, 0.1) is 4.92 Å². The Morgan fingerprint density at radius 3 is 2.65 bits per heavy atom. The Hall–Kier alpha value is -2.78. The molecule has 1 N–H and O–H groups in total. The number of nitro groups is 1. The van der Waals surface area contributed by atoms with Crippen LogP contribution in [0.1, 0.15) is 16.8 Å². The van der Waals surface area contributed by atoms with E-state index in [1.807, 2.05) is 12.1 Å². The molecular weight excluding hydrogens is 256 g/mol. The van der Waals surface area contributed by atoms with Crippen LogP contribution in [0.2, 0.25) is 0 Å². The van der Waals surface area contributed by atoms with Crippen LogP contribution in [-0.4, -0.2) is 9.91 Å². The van der Waals surface area contributed by atoms with Gasteiger partial charge in [-0.3, -0.25) is 10.1 Å². The summed E-state index contributed by atoms with van der Waals surface area (Å²) in [6, 6.07) is 12.0. The molecule has 0 saturated heterocycles. The number of nitrogens with one attached hydrogen (secondary N) is 1. The molecule has 0 bridgehead atoms. The van der Waals surface area contributed by atoms with Crippen molar-refractivity contribution in [1.82, 2.24) is 10.3 Å². The van der Waals surface area contributed by atoms with E-state index in [0.29, 0.717) is 18.8 Å². The Morgan fingerprint density at radius 2 is 2.00 bits per heavy atom. The molecular formula is C14H12N4O2. The smallest absolute Gasteiger partial charge is 0.269 e. The topological polar surface area (TPSA) is 91.8 Å². The van der Waals surface area contributed by atoms with Gasteiger partial charge in [0, 0.05) is 37.0 Å². The molecule has 0 aliphatic carbocycles. The first-order chi connectivity index (χ1) is 9.70. The van der Waals surface area contributed by atoms with Crippen molar-refractivity contribution in [3.63, 3.8) is 0 Å². The fourth-order valence-corrected chi connectivity index (χ4v) is 1.76. The van der Waals surface area contributed by atoms with Crippen LogP contribution in [0.25, 0.3) is 0 Å². The molecule has 0 atom stereocenters. The maximum atomic E-state index is 10.5. The van der Waals surface area contributed by atoms with Crippen LogP contribution in [0.4, 0.5) is 5.69 Å². The zero-order valence-corrected chi connectivity index (χ0v) is 10.6. The normalized spacial score (nSPS) is 9.95. The molecule has 0 radical (unpaired) electrons. The second-order valence-electron chi connectivity index (χ2n) is 4.15. The zero-order valence-electron chi connectivity index (χ0n) is 10.6. The molecule has 1 aromatic carbocycles. The van der Waals surface area contributed by atoms with E-state index in [-0.39, 0.29) is 5.69 Å². The van der Waals surface area contributed by atoms with E-state index in [2.05, 4.69) is 10.3 Å². The molecule has 1 heterocycles. The van der Waals surface area contributed by atoms with E-state index < -0.39 is 4.92 Å². The molecule has 2 rings (SSSR count). The Bertz CT molecular complexity index is 647. The third kappa shape index (κ3) is 3.37. The molecule has 20 heavy (non-hydrogen) atoms. The number of hydrogen-bond donors (Lipinski definition) is 1. The van der Waals surface area contributed by atoms with Gasteiger partial charge in [-0.2, -0.15) is 5.26 Å². The number of benzene rings is 1. The lowest BCUT2D eigenvalue weighted by Gasteiger charge is -2.06. The lowest BCUT2D eigenvalue weighted by atomic mass is 10.2. The molecule has 2 aromatic rings. The SMILES string of the molecule is N#Cc1ncccc1CNCc1ccc([N+](=O)[O-])cc1. The highest BCUT2D eigenvalue weighted by Crippen LogP contribution is 2.12. The molecule has 0 fully saturated rings. The van der Waals surface area contributed by atoms with Crippen molar-refractivity contribution in [2.75, 3.05) is 0 Å². The average Bonchev–Trinajstić information content (AvgIpc) is 2.48. The second-order valence-corrected chi connectivity index (χ2v) is 4.15. The van der Waals surface area contributed by atoms with Gasteiger partial charge in [-0.25, -0.2) is 4.98 Å². The zero-order chi connectivity index (χ0) is 14.4. The molecule has 0 aliphatic heterocycles. The number of nitrogens with zero attached hydrogens (tertiary/aromatic N) is 3. The van der Waals surface area contributed by atoms with E-state index in [1.54, 1.807) is 24.4 Å². The highest BCUT2D eigenvalue weighted by atomic mass is 16.6. The summed E-state index contributed by atoms with van der Waals surface area (Å²) in [7, 11) is 0. The molecule has 1 aromatic heterocycles. The standard InChI is InChI=1S/C14H12N4O2/c15-8-14-12(2-1-7-17-14)10-16-9-11-3-5-13(6-4-11)18(19)20/h1-7,16H,9-10H2. The molecule has 0 amide bonds. The van der Waals surface area contributed by atoms with Crippen molar-refractivity contribution >= 4 is 5.69 Å². The first-order valence-corrected chi connectivity index (χ1v) is 5.99. The second kappa shape index (κ2) is 6.41. The average molecular weight is 268 g/mol. The molecule has 100 valence electrons. The first kappa shape index (κ1) is 13.6. The fraction of sp³-hybridized carbons (Fsp3) is 0.143. The summed E-state index contributed by atoms with van der Waals surface area (Å²) in [5.41, 5.74) is 2.26. The first-order valence-electron chi connectivity index (χ1n) is 5.99. The van der Waals surface area contributed by atoms with Crippen LogP contribution in [0.5, 0.6) is 0 Å². The lowest BCUT2D eigenvalue weighted by molar-refractivity contribution is -0.384. The monoisotopic (exact) mass is 268 g/mol. The minimum Gasteiger partial charge on any atom is -0.309 e. The number of non-ortho nitro benzene ring substituents is 1. The van der Waals surface area contributed by atoms with Gasteiger partial charge in [0.15, 0.2) is 0 Å². The van der Waals surface area contributed by atoms with Crippen LogP contribution >= 0.6 is 0 Å². The Kier molecular flexibility index (Phi) is 4.37. The van der Waals surface area contributed by atoms with Crippen LogP contribution in [-0.2, 0) is 13.1 Å². The van der Waals surface area contributed by atoms with Gasteiger partial charge in [-0.15, -0.1) is 0 Å².